The van der Waals surface area contributed by atoms with Crippen LogP contribution in [0.1, 0.15) is 18.9 Å². The van der Waals surface area contributed by atoms with Gasteiger partial charge in [-0.05, 0) is 43.2 Å². The van der Waals surface area contributed by atoms with Crippen LogP contribution in [0.2, 0.25) is 5.15 Å². The monoisotopic (exact) mass is 321 g/mol. The average Bonchev–Trinajstić information content (AvgIpc) is 2.47. The van der Waals surface area contributed by atoms with Crippen LogP contribution in [0.15, 0.2) is 36.5 Å². The Morgan fingerprint density at radius 2 is 2.05 bits per heavy atom. The largest absolute Gasteiger partial charge is 0.494 e. The van der Waals surface area contributed by atoms with E-state index in [4.69, 9.17) is 26.2 Å². The van der Waals surface area contributed by atoms with E-state index in [9.17, 15) is 4.79 Å². The third-order valence-corrected chi connectivity index (χ3v) is 3.08. The molecule has 0 saturated heterocycles. The molecule has 0 aliphatic heterocycles. The normalized spacial score (nSPS) is 10.3. The fraction of sp³-hybridized carbons (Fsp3) is 0.250. The second-order valence-electron chi connectivity index (χ2n) is 4.51. The number of hydrogen-bond acceptors (Lipinski definition) is 4. The first-order valence-corrected chi connectivity index (χ1v) is 7.23. The molecule has 0 aliphatic carbocycles. The number of aromatic nitrogens is 1. The van der Waals surface area contributed by atoms with Crippen LogP contribution in [0.5, 0.6) is 17.2 Å². The lowest BCUT2D eigenvalue weighted by molar-refractivity contribution is -0.136. The van der Waals surface area contributed by atoms with Crippen LogP contribution >= 0.6 is 11.6 Å². The Bertz CT molecular complexity index is 660. The van der Waals surface area contributed by atoms with Crippen LogP contribution in [0.3, 0.4) is 0 Å². The van der Waals surface area contributed by atoms with Gasteiger partial charge in [-0.3, -0.25) is 4.79 Å². The van der Waals surface area contributed by atoms with E-state index < -0.39 is 5.97 Å². The zero-order valence-electron chi connectivity index (χ0n) is 12.1. The minimum absolute atomic E-state index is 0.0324. The third-order valence-electron chi connectivity index (χ3n) is 2.87. The van der Waals surface area contributed by atoms with Crippen LogP contribution in [0, 0.1) is 0 Å². The summed E-state index contributed by atoms with van der Waals surface area (Å²) in [4.78, 5) is 14.6. The SMILES string of the molecule is CCOc1ccc(Oc2ccnc(Cl)c2)cc1CCC(=O)O. The first-order valence-electron chi connectivity index (χ1n) is 6.85. The number of aliphatic carboxylic acids is 1. The van der Waals surface area contributed by atoms with Gasteiger partial charge in [-0.25, -0.2) is 4.98 Å². The number of ether oxygens (including phenoxy) is 2. The molecule has 0 saturated carbocycles. The highest BCUT2D eigenvalue weighted by Gasteiger charge is 2.09. The maximum Gasteiger partial charge on any atom is 0.303 e. The summed E-state index contributed by atoms with van der Waals surface area (Å²) >= 11 is 5.82. The Balaban J connectivity index is 2.21. The zero-order valence-corrected chi connectivity index (χ0v) is 12.8. The van der Waals surface area contributed by atoms with E-state index in [0.717, 1.165) is 5.56 Å². The molecule has 1 heterocycles. The van der Waals surface area contributed by atoms with Crippen molar-refractivity contribution in [3.8, 4) is 17.2 Å². The minimum Gasteiger partial charge on any atom is -0.494 e. The highest BCUT2D eigenvalue weighted by molar-refractivity contribution is 6.29. The van der Waals surface area contributed by atoms with E-state index in [0.29, 0.717) is 35.4 Å². The molecule has 0 spiro atoms. The summed E-state index contributed by atoms with van der Waals surface area (Å²) in [6, 6.07) is 8.62. The lowest BCUT2D eigenvalue weighted by Crippen LogP contribution is -2.01. The molecular formula is C16H16ClNO4. The summed E-state index contributed by atoms with van der Waals surface area (Å²) in [5, 5.41) is 9.18. The Hall–Kier alpha value is -2.27. The molecule has 0 fully saturated rings. The van der Waals surface area contributed by atoms with Gasteiger partial charge in [-0.2, -0.15) is 0 Å². The Labute approximate surface area is 133 Å². The van der Waals surface area contributed by atoms with E-state index >= 15 is 0 Å². The van der Waals surface area contributed by atoms with E-state index in [1.165, 1.54) is 0 Å². The Morgan fingerprint density at radius 3 is 2.73 bits per heavy atom. The van der Waals surface area contributed by atoms with Gasteiger partial charge in [-0.1, -0.05) is 11.6 Å². The zero-order chi connectivity index (χ0) is 15.9. The van der Waals surface area contributed by atoms with Gasteiger partial charge in [0.15, 0.2) is 0 Å². The number of halogens is 1. The van der Waals surface area contributed by atoms with Gasteiger partial charge in [-0.15, -0.1) is 0 Å². The molecule has 5 nitrogen and oxygen atoms in total. The van der Waals surface area contributed by atoms with Gasteiger partial charge < -0.3 is 14.6 Å². The minimum atomic E-state index is -0.852. The predicted molar refractivity (Wildman–Crippen MR) is 82.9 cm³/mol. The van der Waals surface area contributed by atoms with Crippen molar-refractivity contribution in [2.24, 2.45) is 0 Å². The van der Waals surface area contributed by atoms with Crippen molar-refractivity contribution >= 4 is 17.6 Å². The summed E-state index contributed by atoms with van der Waals surface area (Å²) in [6.45, 7) is 2.39. The Morgan fingerprint density at radius 1 is 1.27 bits per heavy atom. The molecule has 6 heteroatoms. The van der Waals surface area contributed by atoms with Gasteiger partial charge in [0.25, 0.3) is 0 Å². The fourth-order valence-electron chi connectivity index (χ4n) is 1.94. The molecule has 0 unspecified atom stereocenters. The molecule has 0 radical (unpaired) electrons. The maximum atomic E-state index is 10.8. The molecule has 2 aromatic rings. The molecule has 0 atom stereocenters. The summed E-state index contributed by atoms with van der Waals surface area (Å²) < 4.78 is 11.2. The van der Waals surface area contributed by atoms with Crippen LogP contribution < -0.4 is 9.47 Å². The number of rotatable bonds is 7. The molecule has 22 heavy (non-hydrogen) atoms. The predicted octanol–water partition coefficient (Wildman–Crippen LogP) is 3.94. The molecule has 1 aromatic heterocycles. The van der Waals surface area contributed by atoms with Crippen molar-refractivity contribution in [1.29, 1.82) is 0 Å². The van der Waals surface area contributed by atoms with Gasteiger partial charge in [0.2, 0.25) is 0 Å². The maximum absolute atomic E-state index is 10.8. The second kappa shape index (κ2) is 7.66. The van der Waals surface area contributed by atoms with Gasteiger partial charge in [0, 0.05) is 18.7 Å². The number of benzene rings is 1. The van der Waals surface area contributed by atoms with Crippen molar-refractivity contribution in [1.82, 2.24) is 4.98 Å². The van der Waals surface area contributed by atoms with Gasteiger partial charge >= 0.3 is 5.97 Å². The molecule has 0 aliphatic rings. The lowest BCUT2D eigenvalue weighted by atomic mass is 10.1. The number of carboxylic acids is 1. The van der Waals surface area contributed by atoms with Crippen molar-refractivity contribution < 1.29 is 19.4 Å². The summed E-state index contributed by atoms with van der Waals surface area (Å²) in [5.74, 6) is 0.970. The molecule has 1 aromatic carbocycles. The molecule has 0 amide bonds. The molecule has 116 valence electrons. The van der Waals surface area contributed by atoms with E-state index in [-0.39, 0.29) is 6.42 Å². The Kier molecular flexibility index (Phi) is 5.61. The quantitative estimate of drug-likeness (QED) is 0.782. The molecule has 2 rings (SSSR count). The number of hydrogen-bond donors (Lipinski definition) is 1. The number of carbonyl (C=O) groups is 1. The molecule has 0 bridgehead atoms. The lowest BCUT2D eigenvalue weighted by Gasteiger charge is -2.12. The van der Waals surface area contributed by atoms with Crippen molar-refractivity contribution in [3.63, 3.8) is 0 Å². The van der Waals surface area contributed by atoms with Crippen molar-refractivity contribution in [2.45, 2.75) is 19.8 Å². The van der Waals surface area contributed by atoms with Gasteiger partial charge in [0.1, 0.15) is 22.4 Å². The first kappa shape index (κ1) is 16.1. The number of nitrogens with zero attached hydrogens (tertiary/aromatic N) is 1. The number of aryl methyl sites for hydroxylation is 1. The summed E-state index contributed by atoms with van der Waals surface area (Å²) in [5.41, 5.74) is 0.793. The van der Waals surface area contributed by atoms with E-state index in [1.54, 1.807) is 36.5 Å². The smallest absolute Gasteiger partial charge is 0.303 e. The fourth-order valence-corrected chi connectivity index (χ4v) is 2.10. The first-order chi connectivity index (χ1) is 10.6. The molecular weight excluding hydrogens is 306 g/mol. The highest BCUT2D eigenvalue weighted by atomic mass is 35.5. The van der Waals surface area contributed by atoms with Crippen molar-refractivity contribution in [3.05, 3.63) is 47.2 Å². The van der Waals surface area contributed by atoms with Crippen LogP contribution in [-0.2, 0) is 11.2 Å². The summed E-state index contributed by atoms with van der Waals surface area (Å²) in [6.07, 6.45) is 1.96. The standard InChI is InChI=1S/C16H16ClNO4/c1-2-21-14-5-4-12(9-11(14)3-6-16(19)20)22-13-7-8-18-15(17)10-13/h4-5,7-10H,2-3,6H2,1H3,(H,19,20). The number of pyridine rings is 1. The second-order valence-corrected chi connectivity index (χ2v) is 4.90. The third kappa shape index (κ3) is 4.63. The van der Waals surface area contributed by atoms with Crippen LogP contribution in [-0.4, -0.2) is 22.7 Å². The van der Waals surface area contributed by atoms with Crippen LogP contribution in [0.4, 0.5) is 0 Å². The number of carboxylic acid groups (broad SMARTS) is 1. The van der Waals surface area contributed by atoms with E-state index in [2.05, 4.69) is 4.98 Å². The van der Waals surface area contributed by atoms with Crippen LogP contribution in [0.25, 0.3) is 0 Å². The highest BCUT2D eigenvalue weighted by Crippen LogP contribution is 2.29. The van der Waals surface area contributed by atoms with Gasteiger partial charge in [0.05, 0.1) is 6.61 Å². The average molecular weight is 322 g/mol. The summed E-state index contributed by atoms with van der Waals surface area (Å²) in [7, 11) is 0. The molecule has 1 N–H and O–H groups in total. The topological polar surface area (TPSA) is 68.7 Å². The van der Waals surface area contributed by atoms with E-state index in [1.807, 2.05) is 6.92 Å². The van der Waals surface area contributed by atoms with Crippen molar-refractivity contribution in [2.75, 3.05) is 6.61 Å².